The number of nitrogens with one attached hydrogen (secondary N) is 1. The summed E-state index contributed by atoms with van der Waals surface area (Å²) in [5.41, 5.74) is 0.564. The Kier molecular flexibility index (Phi) is 3.52. The van der Waals surface area contributed by atoms with Crippen molar-refractivity contribution in [2.45, 2.75) is 31.4 Å². The lowest BCUT2D eigenvalue weighted by Crippen LogP contribution is -2.52. The van der Waals surface area contributed by atoms with E-state index < -0.39 is 5.60 Å². The van der Waals surface area contributed by atoms with E-state index in [1.165, 1.54) is 12.8 Å². The molecule has 1 aromatic rings. The first-order chi connectivity index (χ1) is 9.57. The number of aryl methyl sites for hydroxylation is 1. The van der Waals surface area contributed by atoms with Crippen LogP contribution in [0.2, 0.25) is 0 Å². The summed E-state index contributed by atoms with van der Waals surface area (Å²) < 4.78 is 7.68. The quantitative estimate of drug-likeness (QED) is 0.857. The minimum atomic E-state index is -0.457. The number of morpholine rings is 1. The molecule has 2 heterocycles. The van der Waals surface area contributed by atoms with Gasteiger partial charge in [-0.05, 0) is 19.8 Å². The van der Waals surface area contributed by atoms with E-state index >= 15 is 0 Å². The predicted molar refractivity (Wildman–Crippen MR) is 74.1 cm³/mol. The Labute approximate surface area is 119 Å². The summed E-state index contributed by atoms with van der Waals surface area (Å²) in [4.78, 5) is 14.1. The third-order valence-electron chi connectivity index (χ3n) is 4.06. The van der Waals surface area contributed by atoms with Gasteiger partial charge in [0.2, 0.25) is 5.91 Å². The fourth-order valence-electron chi connectivity index (χ4n) is 2.58. The first kappa shape index (κ1) is 13.6. The van der Waals surface area contributed by atoms with Crippen molar-refractivity contribution in [2.75, 3.05) is 26.2 Å². The Morgan fingerprint density at radius 3 is 3.05 bits per heavy atom. The fourth-order valence-corrected chi connectivity index (χ4v) is 2.58. The van der Waals surface area contributed by atoms with Crippen LogP contribution in [0.15, 0.2) is 12.4 Å². The first-order valence-electron chi connectivity index (χ1n) is 7.21. The van der Waals surface area contributed by atoms with Crippen molar-refractivity contribution in [3.05, 3.63) is 18.0 Å². The molecule has 6 heteroatoms. The van der Waals surface area contributed by atoms with Gasteiger partial charge >= 0.3 is 0 Å². The molecule has 1 atom stereocenters. The van der Waals surface area contributed by atoms with Crippen LogP contribution in [-0.2, 0) is 22.2 Å². The van der Waals surface area contributed by atoms with Crippen molar-refractivity contribution in [1.29, 1.82) is 0 Å². The SMILES string of the molecule is Cn1cc([C@]2(C)CN(C(=O)CNC3CC3)CCO2)cn1. The van der Waals surface area contributed by atoms with Gasteiger partial charge in [-0.1, -0.05) is 0 Å². The minimum absolute atomic E-state index is 0.162. The largest absolute Gasteiger partial charge is 0.367 e. The highest BCUT2D eigenvalue weighted by atomic mass is 16.5. The van der Waals surface area contributed by atoms with Crippen LogP contribution in [0.3, 0.4) is 0 Å². The fraction of sp³-hybridized carbons (Fsp3) is 0.714. The molecule has 1 aromatic heterocycles. The van der Waals surface area contributed by atoms with Gasteiger partial charge in [0.1, 0.15) is 5.60 Å². The number of nitrogens with zero attached hydrogens (tertiary/aromatic N) is 3. The second kappa shape index (κ2) is 5.18. The lowest BCUT2D eigenvalue weighted by Gasteiger charge is -2.40. The maximum absolute atomic E-state index is 12.2. The van der Waals surface area contributed by atoms with E-state index in [4.69, 9.17) is 4.74 Å². The molecule has 6 nitrogen and oxygen atoms in total. The van der Waals surface area contributed by atoms with Gasteiger partial charge in [-0.25, -0.2) is 0 Å². The Bertz CT molecular complexity index is 497. The van der Waals surface area contributed by atoms with Gasteiger partial charge in [0.25, 0.3) is 0 Å². The van der Waals surface area contributed by atoms with Crippen LogP contribution >= 0.6 is 0 Å². The number of carbonyl (C=O) groups excluding carboxylic acids is 1. The summed E-state index contributed by atoms with van der Waals surface area (Å²) in [6.07, 6.45) is 6.17. The van der Waals surface area contributed by atoms with Crippen LogP contribution in [0.5, 0.6) is 0 Å². The number of amides is 1. The molecule has 1 saturated carbocycles. The van der Waals surface area contributed by atoms with Crippen LogP contribution in [0.4, 0.5) is 0 Å². The first-order valence-corrected chi connectivity index (χ1v) is 7.21. The molecule has 2 fully saturated rings. The number of carbonyl (C=O) groups is 1. The molecular weight excluding hydrogens is 256 g/mol. The van der Waals surface area contributed by atoms with Crippen LogP contribution in [0.25, 0.3) is 0 Å². The standard InChI is InChI=1S/C14H22N4O2/c1-14(11-7-16-17(2)9-11)10-18(5-6-20-14)13(19)8-15-12-3-4-12/h7,9,12,15H,3-6,8,10H2,1-2H3/t14-/m0/s1. The number of aromatic nitrogens is 2. The summed E-state index contributed by atoms with van der Waals surface area (Å²) in [5.74, 6) is 0.162. The zero-order valence-corrected chi connectivity index (χ0v) is 12.1. The molecule has 0 radical (unpaired) electrons. The Hall–Kier alpha value is -1.40. The van der Waals surface area contributed by atoms with Crippen molar-refractivity contribution in [3.63, 3.8) is 0 Å². The number of rotatable bonds is 4. The van der Waals surface area contributed by atoms with Gasteiger partial charge < -0.3 is 15.0 Å². The van der Waals surface area contributed by atoms with Crippen molar-refractivity contribution in [1.82, 2.24) is 20.0 Å². The molecule has 3 rings (SSSR count). The zero-order chi connectivity index (χ0) is 14.2. The van der Waals surface area contributed by atoms with Crippen LogP contribution in [0.1, 0.15) is 25.3 Å². The van der Waals surface area contributed by atoms with Crippen molar-refractivity contribution in [2.24, 2.45) is 7.05 Å². The molecule has 0 aromatic carbocycles. The number of hydrogen-bond acceptors (Lipinski definition) is 4. The third-order valence-corrected chi connectivity index (χ3v) is 4.06. The highest BCUT2D eigenvalue weighted by Gasteiger charge is 2.36. The van der Waals surface area contributed by atoms with E-state index in [9.17, 15) is 4.79 Å². The summed E-state index contributed by atoms with van der Waals surface area (Å²) in [5, 5.41) is 7.47. The second-order valence-corrected chi connectivity index (χ2v) is 5.95. The average Bonchev–Trinajstić information content (AvgIpc) is 3.16. The van der Waals surface area contributed by atoms with E-state index in [1.54, 1.807) is 4.68 Å². The highest BCUT2D eigenvalue weighted by molar-refractivity contribution is 5.78. The van der Waals surface area contributed by atoms with Crippen LogP contribution < -0.4 is 5.32 Å². The van der Waals surface area contributed by atoms with Crippen molar-refractivity contribution in [3.8, 4) is 0 Å². The van der Waals surface area contributed by atoms with Gasteiger partial charge in [0.15, 0.2) is 0 Å². The van der Waals surface area contributed by atoms with Gasteiger partial charge in [-0.15, -0.1) is 0 Å². The summed E-state index contributed by atoms with van der Waals surface area (Å²) >= 11 is 0. The van der Waals surface area contributed by atoms with Gasteiger partial charge in [0.05, 0.1) is 25.9 Å². The van der Waals surface area contributed by atoms with Crippen molar-refractivity contribution >= 4 is 5.91 Å². The predicted octanol–water partition coefficient (Wildman–Crippen LogP) is 0.246. The topological polar surface area (TPSA) is 59.4 Å². The van der Waals surface area contributed by atoms with Crippen LogP contribution in [-0.4, -0.2) is 52.9 Å². The Morgan fingerprint density at radius 1 is 1.60 bits per heavy atom. The van der Waals surface area contributed by atoms with Gasteiger partial charge in [0, 0.05) is 31.4 Å². The molecule has 1 aliphatic heterocycles. The molecule has 110 valence electrons. The third kappa shape index (κ3) is 2.86. The Balaban J connectivity index is 1.64. The van der Waals surface area contributed by atoms with E-state index in [2.05, 4.69) is 10.4 Å². The molecule has 0 spiro atoms. The molecule has 2 aliphatic rings. The monoisotopic (exact) mass is 278 g/mol. The smallest absolute Gasteiger partial charge is 0.236 e. The summed E-state index contributed by atoms with van der Waals surface area (Å²) in [6.45, 7) is 4.29. The highest BCUT2D eigenvalue weighted by Crippen LogP contribution is 2.29. The summed E-state index contributed by atoms with van der Waals surface area (Å²) in [6, 6.07) is 0.560. The molecule has 0 bridgehead atoms. The molecule has 0 unspecified atom stereocenters. The second-order valence-electron chi connectivity index (χ2n) is 5.95. The molecule has 1 N–H and O–H groups in total. The minimum Gasteiger partial charge on any atom is -0.367 e. The molecule has 1 amide bonds. The van der Waals surface area contributed by atoms with E-state index in [-0.39, 0.29) is 5.91 Å². The average molecular weight is 278 g/mol. The van der Waals surface area contributed by atoms with E-state index in [0.29, 0.717) is 32.3 Å². The Morgan fingerprint density at radius 2 is 2.40 bits per heavy atom. The molecule has 20 heavy (non-hydrogen) atoms. The molecule has 1 saturated heterocycles. The molecule has 1 aliphatic carbocycles. The maximum atomic E-state index is 12.2. The lowest BCUT2D eigenvalue weighted by atomic mass is 9.97. The molecular formula is C14H22N4O2. The van der Waals surface area contributed by atoms with Crippen molar-refractivity contribution < 1.29 is 9.53 Å². The van der Waals surface area contributed by atoms with Gasteiger partial charge in [-0.3, -0.25) is 9.48 Å². The van der Waals surface area contributed by atoms with E-state index in [1.807, 2.05) is 31.3 Å². The zero-order valence-electron chi connectivity index (χ0n) is 12.1. The normalized spacial score (nSPS) is 26.8. The maximum Gasteiger partial charge on any atom is 0.236 e. The van der Waals surface area contributed by atoms with E-state index in [0.717, 1.165) is 5.56 Å². The summed E-state index contributed by atoms with van der Waals surface area (Å²) in [7, 11) is 1.89. The van der Waals surface area contributed by atoms with Gasteiger partial charge in [-0.2, -0.15) is 5.10 Å². The van der Waals surface area contributed by atoms with Crippen LogP contribution in [0, 0.1) is 0 Å². The lowest BCUT2D eigenvalue weighted by molar-refractivity contribution is -0.148. The number of hydrogen-bond donors (Lipinski definition) is 1. The number of ether oxygens (including phenoxy) is 1.